The Kier molecular flexibility index (Phi) is 3.34. The second-order valence-electron chi connectivity index (χ2n) is 2.63. The van der Waals surface area contributed by atoms with Crippen LogP contribution in [-0.4, -0.2) is 10.1 Å². The summed E-state index contributed by atoms with van der Waals surface area (Å²) in [6.45, 7) is -0.479. The molecule has 1 aromatic rings. The van der Waals surface area contributed by atoms with Gasteiger partial charge in [-0.3, -0.25) is 4.98 Å². The Morgan fingerprint density at radius 2 is 2.00 bits per heavy atom. The number of halogens is 4. The van der Waals surface area contributed by atoms with Crippen molar-refractivity contribution in [2.45, 2.75) is 18.7 Å². The standard InChI is InChI=1S/C8H7ClF3NO/c9-2-6-3-13-7(8(10,11)12)1-5(6)4-14/h1,3,14H,2,4H2. The van der Waals surface area contributed by atoms with E-state index in [0.29, 0.717) is 5.56 Å². The summed E-state index contributed by atoms with van der Waals surface area (Å²) < 4.78 is 36.5. The van der Waals surface area contributed by atoms with Crippen LogP contribution in [0.25, 0.3) is 0 Å². The molecule has 0 atom stereocenters. The zero-order valence-corrected chi connectivity index (χ0v) is 7.73. The van der Waals surface area contributed by atoms with Crippen LogP contribution < -0.4 is 0 Å². The molecular formula is C8H7ClF3NO. The van der Waals surface area contributed by atoms with E-state index < -0.39 is 18.5 Å². The minimum atomic E-state index is -4.49. The van der Waals surface area contributed by atoms with Crippen LogP contribution in [0.3, 0.4) is 0 Å². The summed E-state index contributed by atoms with van der Waals surface area (Å²) in [6, 6.07) is 0.803. The average Bonchev–Trinajstić information content (AvgIpc) is 2.15. The van der Waals surface area contributed by atoms with Crippen molar-refractivity contribution < 1.29 is 18.3 Å². The van der Waals surface area contributed by atoms with E-state index in [1.807, 2.05) is 0 Å². The van der Waals surface area contributed by atoms with Gasteiger partial charge >= 0.3 is 6.18 Å². The summed E-state index contributed by atoms with van der Waals surface area (Å²) in [5, 5.41) is 8.79. The van der Waals surface area contributed by atoms with Crippen molar-refractivity contribution in [1.29, 1.82) is 0 Å². The summed E-state index contributed by atoms with van der Waals surface area (Å²) in [7, 11) is 0. The molecule has 0 aliphatic rings. The second-order valence-corrected chi connectivity index (χ2v) is 2.90. The maximum Gasteiger partial charge on any atom is 0.433 e. The second kappa shape index (κ2) is 4.14. The summed E-state index contributed by atoms with van der Waals surface area (Å²) in [5.41, 5.74) is -0.458. The maximum atomic E-state index is 12.2. The van der Waals surface area contributed by atoms with Gasteiger partial charge in [0.2, 0.25) is 0 Å². The number of pyridine rings is 1. The molecule has 6 heteroatoms. The molecule has 1 rings (SSSR count). The van der Waals surface area contributed by atoms with E-state index in [1.54, 1.807) is 0 Å². The Hall–Kier alpha value is -0.810. The van der Waals surface area contributed by atoms with Crippen molar-refractivity contribution >= 4 is 11.6 Å². The van der Waals surface area contributed by atoms with Crippen LogP contribution in [-0.2, 0) is 18.7 Å². The first-order valence-electron chi connectivity index (χ1n) is 3.71. The molecule has 78 valence electrons. The number of nitrogens with zero attached hydrogens (tertiary/aromatic N) is 1. The Morgan fingerprint density at radius 1 is 1.36 bits per heavy atom. The first kappa shape index (κ1) is 11.3. The molecule has 1 heterocycles. The lowest BCUT2D eigenvalue weighted by molar-refractivity contribution is -0.141. The van der Waals surface area contributed by atoms with Crippen LogP contribution in [0.4, 0.5) is 13.2 Å². The van der Waals surface area contributed by atoms with Crippen molar-refractivity contribution in [3.05, 3.63) is 29.1 Å². The van der Waals surface area contributed by atoms with Gasteiger partial charge in [-0.05, 0) is 17.2 Å². The molecule has 1 aromatic heterocycles. The molecule has 0 aliphatic carbocycles. The van der Waals surface area contributed by atoms with Crippen molar-refractivity contribution in [3.8, 4) is 0 Å². The Labute approximate surface area is 83.3 Å². The number of aliphatic hydroxyl groups is 1. The van der Waals surface area contributed by atoms with Gasteiger partial charge in [0.1, 0.15) is 5.69 Å². The van der Waals surface area contributed by atoms with E-state index in [1.165, 1.54) is 0 Å². The highest BCUT2D eigenvalue weighted by Crippen LogP contribution is 2.28. The molecule has 0 aromatic carbocycles. The molecule has 2 nitrogen and oxygen atoms in total. The summed E-state index contributed by atoms with van der Waals surface area (Å²) in [6.07, 6.45) is -3.46. The minimum Gasteiger partial charge on any atom is -0.392 e. The maximum absolute atomic E-state index is 12.2. The number of alkyl halides is 4. The molecule has 0 aliphatic heterocycles. The van der Waals surface area contributed by atoms with E-state index in [0.717, 1.165) is 12.3 Å². The van der Waals surface area contributed by atoms with Crippen molar-refractivity contribution in [3.63, 3.8) is 0 Å². The molecule has 0 bridgehead atoms. The summed E-state index contributed by atoms with van der Waals surface area (Å²) >= 11 is 5.45. The normalized spacial score (nSPS) is 11.8. The molecule has 14 heavy (non-hydrogen) atoms. The fourth-order valence-corrected chi connectivity index (χ4v) is 1.19. The SMILES string of the molecule is OCc1cc(C(F)(F)F)ncc1CCl. The third kappa shape index (κ3) is 2.36. The van der Waals surface area contributed by atoms with Crippen molar-refractivity contribution in [2.75, 3.05) is 0 Å². The monoisotopic (exact) mass is 225 g/mol. The number of aromatic nitrogens is 1. The lowest BCUT2D eigenvalue weighted by Crippen LogP contribution is -2.09. The third-order valence-electron chi connectivity index (χ3n) is 1.69. The van der Waals surface area contributed by atoms with Crippen molar-refractivity contribution in [1.82, 2.24) is 4.98 Å². The van der Waals surface area contributed by atoms with Crippen LogP contribution in [0.1, 0.15) is 16.8 Å². The number of hydrogen-bond donors (Lipinski definition) is 1. The Bertz CT molecular complexity index is 327. The molecule has 0 spiro atoms. The predicted molar refractivity (Wildman–Crippen MR) is 44.7 cm³/mol. The Morgan fingerprint density at radius 3 is 2.43 bits per heavy atom. The fraction of sp³-hybridized carbons (Fsp3) is 0.375. The lowest BCUT2D eigenvalue weighted by atomic mass is 10.1. The molecule has 0 amide bonds. The fourth-order valence-electron chi connectivity index (χ4n) is 0.948. The largest absolute Gasteiger partial charge is 0.433 e. The molecule has 0 saturated carbocycles. The average molecular weight is 226 g/mol. The summed E-state index contributed by atoms with van der Waals surface area (Å²) in [5.74, 6) is 0.0288. The van der Waals surface area contributed by atoms with Crippen LogP contribution in [0, 0.1) is 0 Å². The first-order chi connectivity index (χ1) is 6.49. The molecular weight excluding hydrogens is 219 g/mol. The van der Waals surface area contributed by atoms with Gasteiger partial charge in [0, 0.05) is 12.1 Å². The van der Waals surface area contributed by atoms with Gasteiger partial charge in [-0.15, -0.1) is 11.6 Å². The summed E-state index contributed by atoms with van der Waals surface area (Å²) in [4.78, 5) is 3.21. The van der Waals surface area contributed by atoms with E-state index in [2.05, 4.69) is 4.98 Å². The molecule has 0 saturated heterocycles. The van der Waals surface area contributed by atoms with Crippen LogP contribution in [0.2, 0.25) is 0 Å². The Balaban J connectivity index is 3.14. The highest BCUT2D eigenvalue weighted by molar-refractivity contribution is 6.17. The first-order valence-corrected chi connectivity index (χ1v) is 4.24. The minimum absolute atomic E-state index is 0.0288. The van der Waals surface area contributed by atoms with E-state index in [4.69, 9.17) is 16.7 Å². The van der Waals surface area contributed by atoms with Crippen molar-refractivity contribution in [2.24, 2.45) is 0 Å². The third-order valence-corrected chi connectivity index (χ3v) is 1.98. The molecule has 1 N–H and O–H groups in total. The van der Waals surface area contributed by atoms with Gasteiger partial charge < -0.3 is 5.11 Å². The van der Waals surface area contributed by atoms with E-state index in [-0.39, 0.29) is 11.4 Å². The van der Waals surface area contributed by atoms with E-state index >= 15 is 0 Å². The topological polar surface area (TPSA) is 33.1 Å². The van der Waals surface area contributed by atoms with Gasteiger partial charge in [-0.2, -0.15) is 13.2 Å². The highest BCUT2D eigenvalue weighted by atomic mass is 35.5. The highest BCUT2D eigenvalue weighted by Gasteiger charge is 2.32. The number of rotatable bonds is 2. The lowest BCUT2D eigenvalue weighted by Gasteiger charge is -2.09. The smallest absolute Gasteiger partial charge is 0.392 e. The van der Waals surface area contributed by atoms with E-state index in [9.17, 15) is 13.2 Å². The van der Waals surface area contributed by atoms with Gasteiger partial charge in [-0.25, -0.2) is 0 Å². The van der Waals surface area contributed by atoms with Gasteiger partial charge in [0.05, 0.1) is 6.61 Å². The predicted octanol–water partition coefficient (Wildman–Crippen LogP) is 2.33. The van der Waals surface area contributed by atoms with Gasteiger partial charge in [-0.1, -0.05) is 0 Å². The van der Waals surface area contributed by atoms with Gasteiger partial charge in [0.25, 0.3) is 0 Å². The quantitative estimate of drug-likeness (QED) is 0.784. The molecule has 0 fully saturated rings. The van der Waals surface area contributed by atoms with Gasteiger partial charge in [0.15, 0.2) is 0 Å². The van der Waals surface area contributed by atoms with Crippen LogP contribution in [0.5, 0.6) is 0 Å². The van der Waals surface area contributed by atoms with Crippen LogP contribution >= 0.6 is 11.6 Å². The molecule has 0 unspecified atom stereocenters. The van der Waals surface area contributed by atoms with Crippen LogP contribution in [0.15, 0.2) is 12.3 Å². The molecule has 0 radical (unpaired) electrons. The number of aliphatic hydroxyl groups excluding tert-OH is 1. The zero-order valence-electron chi connectivity index (χ0n) is 6.98. The zero-order chi connectivity index (χ0) is 10.8. The number of hydrogen-bond acceptors (Lipinski definition) is 2.